The van der Waals surface area contributed by atoms with Gasteiger partial charge in [-0.05, 0) is 38.2 Å². The summed E-state index contributed by atoms with van der Waals surface area (Å²) in [6, 6.07) is 8.40. The topological polar surface area (TPSA) is 49.8 Å². The number of carbonyl (C=O) groups is 1. The summed E-state index contributed by atoms with van der Waals surface area (Å²) >= 11 is 0. The van der Waals surface area contributed by atoms with E-state index in [0.717, 1.165) is 12.8 Å². The number of piperidine rings is 1. The summed E-state index contributed by atoms with van der Waals surface area (Å²) in [5.74, 6) is 0.202. The highest BCUT2D eigenvalue weighted by molar-refractivity contribution is 5.77. The van der Waals surface area contributed by atoms with E-state index in [4.69, 9.17) is 4.74 Å². The Kier molecular flexibility index (Phi) is 5.76. The molecule has 0 radical (unpaired) electrons. The zero-order valence-corrected chi connectivity index (χ0v) is 12.9. The summed E-state index contributed by atoms with van der Waals surface area (Å²) in [6.07, 6.45) is 1.26. The van der Waals surface area contributed by atoms with Crippen LogP contribution in [0.3, 0.4) is 0 Å². The van der Waals surface area contributed by atoms with Crippen molar-refractivity contribution in [3.8, 4) is 0 Å². The largest absolute Gasteiger partial charge is 0.391 e. The van der Waals surface area contributed by atoms with E-state index in [2.05, 4.69) is 31.2 Å². The molecule has 1 aliphatic heterocycles. The number of amides is 1. The van der Waals surface area contributed by atoms with E-state index < -0.39 is 6.10 Å². The number of carbonyl (C=O) groups excluding carboxylic acids is 1. The smallest absolute Gasteiger partial charge is 0.248 e. The summed E-state index contributed by atoms with van der Waals surface area (Å²) in [7, 11) is 0. The van der Waals surface area contributed by atoms with Crippen LogP contribution in [0, 0.1) is 12.8 Å². The molecule has 1 fully saturated rings. The predicted octanol–water partition coefficient (Wildman–Crippen LogP) is 1.78. The molecule has 21 heavy (non-hydrogen) atoms. The SMILES string of the molecule is CCOCC(=O)N1CC[C@H](Cc2cccc(C)c2)[C@@H](O)C1. The highest BCUT2D eigenvalue weighted by Gasteiger charge is 2.30. The summed E-state index contributed by atoms with van der Waals surface area (Å²) in [4.78, 5) is 13.6. The molecule has 0 bridgehead atoms. The molecule has 2 rings (SSSR count). The Morgan fingerprint density at radius 1 is 1.48 bits per heavy atom. The molecule has 0 aliphatic carbocycles. The molecule has 1 aliphatic rings. The van der Waals surface area contributed by atoms with E-state index >= 15 is 0 Å². The molecule has 4 nitrogen and oxygen atoms in total. The molecule has 1 saturated heterocycles. The van der Waals surface area contributed by atoms with Crippen LogP contribution in [0.4, 0.5) is 0 Å². The van der Waals surface area contributed by atoms with E-state index in [1.54, 1.807) is 4.90 Å². The Hall–Kier alpha value is -1.39. The molecule has 2 atom stereocenters. The first-order valence-corrected chi connectivity index (χ1v) is 7.69. The van der Waals surface area contributed by atoms with Gasteiger partial charge in [-0.1, -0.05) is 29.8 Å². The Morgan fingerprint density at radius 3 is 2.95 bits per heavy atom. The van der Waals surface area contributed by atoms with Gasteiger partial charge in [0.05, 0.1) is 6.10 Å². The van der Waals surface area contributed by atoms with Gasteiger partial charge in [0.1, 0.15) is 6.61 Å². The van der Waals surface area contributed by atoms with Crippen molar-refractivity contribution in [2.24, 2.45) is 5.92 Å². The third kappa shape index (κ3) is 4.55. The first-order valence-electron chi connectivity index (χ1n) is 7.69. The second-order valence-electron chi connectivity index (χ2n) is 5.79. The van der Waals surface area contributed by atoms with Crippen molar-refractivity contribution in [3.63, 3.8) is 0 Å². The molecule has 1 N–H and O–H groups in total. The lowest BCUT2D eigenvalue weighted by atomic mass is 9.87. The molecule has 1 aromatic rings. The average molecular weight is 291 g/mol. The van der Waals surface area contributed by atoms with E-state index in [1.807, 2.05) is 6.92 Å². The Bertz CT molecular complexity index is 475. The predicted molar refractivity (Wildman–Crippen MR) is 82.1 cm³/mol. The molecule has 1 amide bonds. The minimum Gasteiger partial charge on any atom is -0.391 e. The number of likely N-dealkylation sites (tertiary alicyclic amines) is 1. The first kappa shape index (κ1) is 16.0. The van der Waals surface area contributed by atoms with Crippen LogP contribution in [-0.4, -0.2) is 48.3 Å². The van der Waals surface area contributed by atoms with E-state index in [-0.39, 0.29) is 18.4 Å². The maximum Gasteiger partial charge on any atom is 0.248 e. The third-order valence-corrected chi connectivity index (χ3v) is 4.08. The molecule has 4 heteroatoms. The van der Waals surface area contributed by atoms with Gasteiger partial charge in [-0.15, -0.1) is 0 Å². The van der Waals surface area contributed by atoms with Crippen molar-refractivity contribution < 1.29 is 14.6 Å². The zero-order valence-electron chi connectivity index (χ0n) is 12.9. The van der Waals surface area contributed by atoms with Crippen molar-refractivity contribution in [1.29, 1.82) is 0 Å². The Balaban J connectivity index is 1.87. The van der Waals surface area contributed by atoms with Crippen molar-refractivity contribution in [2.45, 2.75) is 32.8 Å². The zero-order chi connectivity index (χ0) is 15.2. The second-order valence-corrected chi connectivity index (χ2v) is 5.79. The van der Waals surface area contributed by atoms with Gasteiger partial charge in [-0.25, -0.2) is 0 Å². The van der Waals surface area contributed by atoms with E-state index in [1.165, 1.54) is 11.1 Å². The van der Waals surface area contributed by atoms with Crippen molar-refractivity contribution in [3.05, 3.63) is 35.4 Å². The molecular formula is C17H25NO3. The molecule has 0 spiro atoms. The van der Waals surface area contributed by atoms with Crippen molar-refractivity contribution in [1.82, 2.24) is 4.90 Å². The summed E-state index contributed by atoms with van der Waals surface area (Å²) in [6.45, 7) is 5.73. The molecule has 1 aromatic carbocycles. The molecule has 1 heterocycles. The van der Waals surface area contributed by atoms with Crippen LogP contribution in [0.5, 0.6) is 0 Å². The van der Waals surface area contributed by atoms with E-state index in [9.17, 15) is 9.90 Å². The van der Waals surface area contributed by atoms with Crippen LogP contribution in [0.2, 0.25) is 0 Å². The van der Waals surface area contributed by atoms with Crippen molar-refractivity contribution in [2.75, 3.05) is 26.3 Å². The highest BCUT2D eigenvalue weighted by Crippen LogP contribution is 2.22. The number of hydrogen-bond donors (Lipinski definition) is 1. The number of ether oxygens (including phenoxy) is 1. The number of benzene rings is 1. The lowest BCUT2D eigenvalue weighted by molar-refractivity contribution is -0.140. The van der Waals surface area contributed by atoms with Gasteiger partial charge >= 0.3 is 0 Å². The number of aryl methyl sites for hydroxylation is 1. The van der Waals surface area contributed by atoms with Gasteiger partial charge in [-0.3, -0.25) is 4.79 Å². The molecule has 0 aromatic heterocycles. The van der Waals surface area contributed by atoms with Crippen LogP contribution in [-0.2, 0) is 16.0 Å². The standard InChI is InChI=1S/C17H25NO3/c1-3-21-12-17(20)18-8-7-15(16(19)11-18)10-14-6-4-5-13(2)9-14/h4-6,9,15-16,19H,3,7-8,10-12H2,1-2H3/t15-,16+/m1/s1. The number of hydrogen-bond acceptors (Lipinski definition) is 3. The molecular weight excluding hydrogens is 266 g/mol. The maximum absolute atomic E-state index is 11.9. The monoisotopic (exact) mass is 291 g/mol. The number of nitrogens with zero attached hydrogens (tertiary/aromatic N) is 1. The van der Waals surface area contributed by atoms with Gasteiger partial charge < -0.3 is 14.7 Å². The third-order valence-electron chi connectivity index (χ3n) is 4.08. The van der Waals surface area contributed by atoms with Crippen LogP contribution < -0.4 is 0 Å². The van der Waals surface area contributed by atoms with Gasteiger partial charge in [0.2, 0.25) is 5.91 Å². The van der Waals surface area contributed by atoms with Crippen LogP contribution in [0.25, 0.3) is 0 Å². The number of aliphatic hydroxyl groups is 1. The molecule has 116 valence electrons. The van der Waals surface area contributed by atoms with Gasteiger partial charge in [0, 0.05) is 19.7 Å². The quantitative estimate of drug-likeness (QED) is 0.899. The second kappa shape index (κ2) is 7.57. The highest BCUT2D eigenvalue weighted by atomic mass is 16.5. The van der Waals surface area contributed by atoms with Gasteiger partial charge in [-0.2, -0.15) is 0 Å². The van der Waals surface area contributed by atoms with Gasteiger partial charge in [0.25, 0.3) is 0 Å². The average Bonchev–Trinajstić information content (AvgIpc) is 2.47. The number of aliphatic hydroxyl groups excluding tert-OH is 1. The Labute approximate surface area is 126 Å². The fourth-order valence-corrected chi connectivity index (χ4v) is 2.87. The first-order chi connectivity index (χ1) is 10.1. The lowest BCUT2D eigenvalue weighted by Crippen LogP contribution is -2.48. The maximum atomic E-state index is 11.9. The fourth-order valence-electron chi connectivity index (χ4n) is 2.87. The minimum atomic E-state index is -0.454. The normalized spacial score (nSPS) is 22.3. The molecule has 0 unspecified atom stereocenters. The fraction of sp³-hybridized carbons (Fsp3) is 0.588. The molecule has 0 saturated carbocycles. The van der Waals surface area contributed by atoms with E-state index in [0.29, 0.717) is 19.7 Å². The number of β-amino-alcohol motifs (C(OH)–C–C–N with tert-alkyl or cyclic N) is 1. The lowest BCUT2D eigenvalue weighted by Gasteiger charge is -2.36. The van der Waals surface area contributed by atoms with Gasteiger partial charge in [0.15, 0.2) is 0 Å². The minimum absolute atomic E-state index is 0.0232. The number of rotatable bonds is 5. The van der Waals surface area contributed by atoms with Crippen molar-refractivity contribution >= 4 is 5.91 Å². The van der Waals surface area contributed by atoms with Crippen LogP contribution in [0.15, 0.2) is 24.3 Å². The van der Waals surface area contributed by atoms with Crippen LogP contribution in [0.1, 0.15) is 24.5 Å². The Morgan fingerprint density at radius 2 is 2.29 bits per heavy atom. The summed E-state index contributed by atoms with van der Waals surface area (Å²) in [5.41, 5.74) is 2.50. The summed E-state index contributed by atoms with van der Waals surface area (Å²) < 4.78 is 5.15. The summed E-state index contributed by atoms with van der Waals surface area (Å²) in [5, 5.41) is 10.3. The van der Waals surface area contributed by atoms with Crippen LogP contribution >= 0.6 is 0 Å².